The molecule has 1 aliphatic carbocycles. The third kappa shape index (κ3) is 7.40. The molecule has 0 saturated heterocycles. The summed E-state index contributed by atoms with van der Waals surface area (Å²) in [7, 11) is 0. The number of anilines is 1. The van der Waals surface area contributed by atoms with E-state index in [4.69, 9.17) is 4.74 Å². The SMILES string of the molecule is Cc1ccc(C(=O)N[C@H](C(=O)OCC(=O)Nc2ccccc2C(=O)NC2CCCC2)C(C)C)cc1. The molecule has 8 nitrogen and oxygen atoms in total. The van der Waals surface area contributed by atoms with Gasteiger partial charge >= 0.3 is 5.97 Å². The average Bonchev–Trinajstić information content (AvgIpc) is 3.34. The Morgan fingerprint density at radius 1 is 0.943 bits per heavy atom. The predicted molar refractivity (Wildman–Crippen MR) is 133 cm³/mol. The van der Waals surface area contributed by atoms with Gasteiger partial charge in [-0.05, 0) is 49.9 Å². The van der Waals surface area contributed by atoms with E-state index in [0.29, 0.717) is 16.8 Å². The van der Waals surface area contributed by atoms with Crippen LogP contribution in [-0.4, -0.2) is 42.4 Å². The van der Waals surface area contributed by atoms with Crippen molar-refractivity contribution in [3.8, 4) is 0 Å². The van der Waals surface area contributed by atoms with Gasteiger partial charge in [0.25, 0.3) is 17.7 Å². The van der Waals surface area contributed by atoms with Crippen LogP contribution in [0.15, 0.2) is 48.5 Å². The van der Waals surface area contributed by atoms with Gasteiger partial charge in [-0.25, -0.2) is 4.79 Å². The van der Waals surface area contributed by atoms with Gasteiger partial charge in [0.05, 0.1) is 11.3 Å². The highest BCUT2D eigenvalue weighted by molar-refractivity contribution is 6.04. The van der Waals surface area contributed by atoms with Gasteiger partial charge in [-0.1, -0.05) is 56.5 Å². The fourth-order valence-corrected chi connectivity index (χ4v) is 3.96. The third-order valence-corrected chi connectivity index (χ3v) is 6.00. The molecule has 0 aromatic heterocycles. The first-order valence-electron chi connectivity index (χ1n) is 12.0. The molecular weight excluding hydrogens is 446 g/mol. The number of hydrogen-bond donors (Lipinski definition) is 3. The van der Waals surface area contributed by atoms with Crippen molar-refractivity contribution in [2.75, 3.05) is 11.9 Å². The maximum absolute atomic E-state index is 12.7. The Morgan fingerprint density at radius 3 is 2.26 bits per heavy atom. The molecule has 3 rings (SSSR count). The topological polar surface area (TPSA) is 114 Å². The Morgan fingerprint density at radius 2 is 1.60 bits per heavy atom. The first kappa shape index (κ1) is 25.9. The zero-order valence-corrected chi connectivity index (χ0v) is 20.4. The smallest absolute Gasteiger partial charge is 0.329 e. The first-order valence-corrected chi connectivity index (χ1v) is 12.0. The number of carbonyl (C=O) groups is 4. The van der Waals surface area contributed by atoms with Crippen LogP contribution in [0.2, 0.25) is 0 Å². The van der Waals surface area contributed by atoms with Crippen LogP contribution in [0.1, 0.15) is 65.8 Å². The van der Waals surface area contributed by atoms with Gasteiger partial charge in [0.15, 0.2) is 6.61 Å². The Balaban J connectivity index is 1.56. The highest BCUT2D eigenvalue weighted by atomic mass is 16.5. The molecule has 186 valence electrons. The summed E-state index contributed by atoms with van der Waals surface area (Å²) in [6.45, 7) is 4.93. The number of aryl methyl sites for hydroxylation is 1. The molecule has 1 saturated carbocycles. The molecular formula is C27H33N3O5. The van der Waals surface area contributed by atoms with Crippen LogP contribution in [0.3, 0.4) is 0 Å². The molecule has 0 bridgehead atoms. The summed E-state index contributed by atoms with van der Waals surface area (Å²) < 4.78 is 5.20. The van der Waals surface area contributed by atoms with E-state index in [1.165, 1.54) is 0 Å². The van der Waals surface area contributed by atoms with E-state index < -0.39 is 30.4 Å². The third-order valence-electron chi connectivity index (χ3n) is 6.00. The average molecular weight is 480 g/mol. The summed E-state index contributed by atoms with van der Waals surface area (Å²) >= 11 is 0. The van der Waals surface area contributed by atoms with E-state index in [0.717, 1.165) is 31.2 Å². The normalized spacial score (nSPS) is 14.3. The fraction of sp³-hybridized carbons (Fsp3) is 0.407. The van der Waals surface area contributed by atoms with Crippen molar-refractivity contribution < 1.29 is 23.9 Å². The van der Waals surface area contributed by atoms with Crippen molar-refractivity contribution >= 4 is 29.4 Å². The van der Waals surface area contributed by atoms with Crippen LogP contribution in [0.4, 0.5) is 5.69 Å². The predicted octanol–water partition coefficient (Wildman–Crippen LogP) is 3.60. The lowest BCUT2D eigenvalue weighted by atomic mass is 10.0. The van der Waals surface area contributed by atoms with Crippen LogP contribution in [0.25, 0.3) is 0 Å². The quantitative estimate of drug-likeness (QED) is 0.476. The Bertz CT molecular complexity index is 1060. The lowest BCUT2D eigenvalue weighted by molar-refractivity contribution is -0.150. The summed E-state index contributed by atoms with van der Waals surface area (Å²) in [6, 6.07) is 12.9. The molecule has 0 unspecified atom stereocenters. The molecule has 3 amide bonds. The Kier molecular flexibility index (Phi) is 9.00. The second kappa shape index (κ2) is 12.1. The molecule has 0 spiro atoms. The number of esters is 1. The van der Waals surface area contributed by atoms with Gasteiger partial charge in [0.2, 0.25) is 0 Å². The number of hydrogen-bond acceptors (Lipinski definition) is 5. The van der Waals surface area contributed by atoms with E-state index in [2.05, 4.69) is 16.0 Å². The monoisotopic (exact) mass is 479 g/mol. The van der Waals surface area contributed by atoms with Gasteiger partial charge in [0, 0.05) is 11.6 Å². The molecule has 3 N–H and O–H groups in total. The highest BCUT2D eigenvalue weighted by Gasteiger charge is 2.27. The van der Waals surface area contributed by atoms with Crippen LogP contribution in [0.5, 0.6) is 0 Å². The van der Waals surface area contributed by atoms with Crippen molar-refractivity contribution in [1.29, 1.82) is 0 Å². The summed E-state index contributed by atoms with van der Waals surface area (Å²) in [6.07, 6.45) is 4.09. The minimum absolute atomic E-state index is 0.148. The number of amides is 3. The Labute approximate surface area is 205 Å². The van der Waals surface area contributed by atoms with Gasteiger partial charge < -0.3 is 20.7 Å². The van der Waals surface area contributed by atoms with Gasteiger partial charge in [0.1, 0.15) is 6.04 Å². The summed E-state index contributed by atoms with van der Waals surface area (Å²) in [4.78, 5) is 50.4. The zero-order valence-electron chi connectivity index (χ0n) is 20.4. The second-order valence-corrected chi connectivity index (χ2v) is 9.22. The molecule has 1 atom stereocenters. The maximum atomic E-state index is 12.7. The molecule has 2 aromatic carbocycles. The number of ether oxygens (including phenoxy) is 1. The minimum atomic E-state index is -0.916. The number of para-hydroxylation sites is 1. The van der Waals surface area contributed by atoms with E-state index >= 15 is 0 Å². The molecule has 0 radical (unpaired) electrons. The molecule has 2 aromatic rings. The van der Waals surface area contributed by atoms with Gasteiger partial charge in [-0.15, -0.1) is 0 Å². The van der Waals surface area contributed by atoms with Crippen LogP contribution >= 0.6 is 0 Å². The minimum Gasteiger partial charge on any atom is -0.454 e. The number of nitrogens with one attached hydrogen (secondary N) is 3. The van der Waals surface area contributed by atoms with Crippen molar-refractivity contribution in [3.63, 3.8) is 0 Å². The lowest BCUT2D eigenvalue weighted by Crippen LogP contribution is -2.46. The highest BCUT2D eigenvalue weighted by Crippen LogP contribution is 2.20. The van der Waals surface area contributed by atoms with Crippen molar-refractivity contribution in [2.45, 2.75) is 58.5 Å². The maximum Gasteiger partial charge on any atom is 0.329 e. The summed E-state index contributed by atoms with van der Waals surface area (Å²) in [5.41, 5.74) is 2.14. The zero-order chi connectivity index (χ0) is 25.4. The Hall–Kier alpha value is -3.68. The molecule has 0 aliphatic heterocycles. The first-order chi connectivity index (χ1) is 16.7. The van der Waals surface area contributed by atoms with Crippen molar-refractivity contribution in [2.24, 2.45) is 5.92 Å². The molecule has 1 aliphatic rings. The van der Waals surface area contributed by atoms with Gasteiger partial charge in [-0.3, -0.25) is 14.4 Å². The number of benzene rings is 2. The molecule has 35 heavy (non-hydrogen) atoms. The second-order valence-electron chi connectivity index (χ2n) is 9.22. The molecule has 0 heterocycles. The number of carbonyl (C=O) groups excluding carboxylic acids is 4. The van der Waals surface area contributed by atoms with E-state index in [1.807, 2.05) is 19.1 Å². The number of rotatable bonds is 9. The molecule has 1 fully saturated rings. The van der Waals surface area contributed by atoms with Crippen LogP contribution < -0.4 is 16.0 Å². The lowest BCUT2D eigenvalue weighted by Gasteiger charge is -2.21. The van der Waals surface area contributed by atoms with Crippen LogP contribution in [-0.2, 0) is 14.3 Å². The van der Waals surface area contributed by atoms with Crippen LogP contribution in [0, 0.1) is 12.8 Å². The largest absolute Gasteiger partial charge is 0.454 e. The standard InChI is InChI=1S/C27H33N3O5/c1-17(2)24(30-25(32)19-14-12-18(3)13-15-19)27(34)35-16-23(31)29-22-11-7-6-10-21(22)26(33)28-20-8-4-5-9-20/h6-7,10-15,17,20,24H,4-5,8-9,16H2,1-3H3,(H,28,33)(H,29,31)(H,30,32)/t24-/m0/s1. The van der Waals surface area contributed by atoms with E-state index in [-0.39, 0.29) is 17.9 Å². The summed E-state index contributed by atoms with van der Waals surface area (Å²) in [5, 5.41) is 8.34. The van der Waals surface area contributed by atoms with E-state index in [1.54, 1.807) is 50.2 Å². The van der Waals surface area contributed by atoms with Crippen molar-refractivity contribution in [1.82, 2.24) is 10.6 Å². The van der Waals surface area contributed by atoms with E-state index in [9.17, 15) is 19.2 Å². The molecule has 8 heteroatoms. The van der Waals surface area contributed by atoms with Gasteiger partial charge in [-0.2, -0.15) is 0 Å². The fourth-order valence-electron chi connectivity index (χ4n) is 3.96. The summed E-state index contributed by atoms with van der Waals surface area (Å²) in [5.74, 6) is -2.18. The van der Waals surface area contributed by atoms with Crippen molar-refractivity contribution in [3.05, 3.63) is 65.2 Å².